The molecule has 2 atom stereocenters. The highest BCUT2D eigenvalue weighted by Crippen LogP contribution is 2.38. The Kier molecular flexibility index (Phi) is 6.09. The number of nitrogens with one attached hydrogen (secondary N) is 1. The molecule has 0 amide bonds. The third kappa shape index (κ3) is 4.39. The van der Waals surface area contributed by atoms with Crippen molar-refractivity contribution in [2.45, 2.75) is 19.3 Å². The number of esters is 1. The van der Waals surface area contributed by atoms with Crippen molar-refractivity contribution in [2.24, 2.45) is 5.92 Å². The summed E-state index contributed by atoms with van der Waals surface area (Å²) in [6.07, 6.45) is 1.81. The van der Waals surface area contributed by atoms with E-state index in [1.54, 1.807) is 32.2 Å². The number of carbonyl (C=O) groups excluding carboxylic acids is 2. The first-order valence-corrected chi connectivity index (χ1v) is 9.09. The van der Waals surface area contributed by atoms with Crippen LogP contribution in [-0.4, -0.2) is 25.5 Å². The molecule has 0 aromatic heterocycles. The molecule has 0 fully saturated rings. The molecule has 5 nitrogen and oxygen atoms in total. The summed E-state index contributed by atoms with van der Waals surface area (Å²) >= 11 is 0. The van der Waals surface area contributed by atoms with Gasteiger partial charge in [0.2, 0.25) is 0 Å². The van der Waals surface area contributed by atoms with Gasteiger partial charge >= 0.3 is 5.97 Å². The summed E-state index contributed by atoms with van der Waals surface area (Å²) in [5.41, 5.74) is 1.96. The van der Waals surface area contributed by atoms with Crippen LogP contribution >= 0.6 is 0 Å². The van der Waals surface area contributed by atoms with Crippen molar-refractivity contribution in [3.63, 3.8) is 0 Å². The minimum Gasteiger partial charge on any atom is -0.497 e. The van der Waals surface area contributed by atoms with E-state index in [1.165, 1.54) is 18.2 Å². The van der Waals surface area contributed by atoms with E-state index >= 15 is 0 Å². The third-order valence-corrected chi connectivity index (χ3v) is 4.66. The summed E-state index contributed by atoms with van der Waals surface area (Å²) in [7, 11) is 1.56. The number of ketones is 1. The van der Waals surface area contributed by atoms with Crippen LogP contribution in [0.2, 0.25) is 0 Å². The standard InChI is InChI=1S/C22H22FNO4/c1-3-28-22(26)21-19(14-6-4-9-18(10-14)27-2)12-17(13-20(21)25)24-16-8-5-7-15(23)11-16/h4-11,13,19,21,24H,3,12H2,1-2H3. The van der Waals surface area contributed by atoms with Crippen LogP contribution in [0.15, 0.2) is 60.3 Å². The Labute approximate surface area is 163 Å². The van der Waals surface area contributed by atoms with Gasteiger partial charge in [0.05, 0.1) is 13.7 Å². The van der Waals surface area contributed by atoms with Gasteiger partial charge in [-0.15, -0.1) is 0 Å². The van der Waals surface area contributed by atoms with Crippen LogP contribution in [0.25, 0.3) is 0 Å². The van der Waals surface area contributed by atoms with E-state index < -0.39 is 17.8 Å². The largest absolute Gasteiger partial charge is 0.497 e. The van der Waals surface area contributed by atoms with Gasteiger partial charge in [0.1, 0.15) is 17.5 Å². The van der Waals surface area contributed by atoms with Gasteiger partial charge in [-0.3, -0.25) is 9.59 Å². The molecule has 2 aromatic carbocycles. The number of benzene rings is 2. The van der Waals surface area contributed by atoms with E-state index in [0.29, 0.717) is 23.6 Å². The smallest absolute Gasteiger partial charge is 0.317 e. The lowest BCUT2D eigenvalue weighted by Crippen LogP contribution is -2.35. The zero-order valence-corrected chi connectivity index (χ0v) is 15.8. The van der Waals surface area contributed by atoms with Crippen LogP contribution in [0.3, 0.4) is 0 Å². The van der Waals surface area contributed by atoms with Crippen LogP contribution in [0.5, 0.6) is 5.75 Å². The highest BCUT2D eigenvalue weighted by Gasteiger charge is 2.39. The number of halogens is 1. The fourth-order valence-corrected chi connectivity index (χ4v) is 3.41. The Balaban J connectivity index is 1.94. The number of methoxy groups -OCH3 is 1. The molecule has 1 aliphatic rings. The second-order valence-electron chi connectivity index (χ2n) is 6.52. The second-order valence-corrected chi connectivity index (χ2v) is 6.52. The lowest BCUT2D eigenvalue weighted by molar-refractivity contribution is -0.151. The summed E-state index contributed by atoms with van der Waals surface area (Å²) in [5, 5.41) is 3.09. The predicted octanol–water partition coefficient (Wildman–Crippen LogP) is 4.07. The van der Waals surface area contributed by atoms with E-state index in [2.05, 4.69) is 5.32 Å². The van der Waals surface area contributed by atoms with Gasteiger partial charge in [0.15, 0.2) is 5.78 Å². The van der Waals surface area contributed by atoms with Crippen LogP contribution in [0, 0.1) is 11.7 Å². The molecule has 0 radical (unpaired) electrons. The number of hydrogen-bond donors (Lipinski definition) is 1. The molecule has 146 valence electrons. The van der Waals surface area contributed by atoms with Crippen molar-refractivity contribution in [3.8, 4) is 5.75 Å². The first-order valence-electron chi connectivity index (χ1n) is 9.09. The normalized spacial score (nSPS) is 19.0. The van der Waals surface area contributed by atoms with Crippen LogP contribution in [0.4, 0.5) is 10.1 Å². The number of allylic oxidation sites excluding steroid dienone is 2. The van der Waals surface area contributed by atoms with Crippen molar-refractivity contribution < 1.29 is 23.5 Å². The highest BCUT2D eigenvalue weighted by atomic mass is 19.1. The number of ether oxygens (including phenoxy) is 2. The fraction of sp³-hybridized carbons (Fsp3) is 0.273. The number of hydrogen-bond acceptors (Lipinski definition) is 5. The molecule has 1 aliphatic carbocycles. The molecular formula is C22H22FNO4. The van der Waals surface area contributed by atoms with Gasteiger partial charge in [-0.2, -0.15) is 0 Å². The average molecular weight is 383 g/mol. The average Bonchev–Trinajstić information content (AvgIpc) is 2.67. The van der Waals surface area contributed by atoms with Gasteiger partial charge in [-0.25, -0.2) is 4.39 Å². The topological polar surface area (TPSA) is 64.6 Å². The Morgan fingerprint density at radius 1 is 1.21 bits per heavy atom. The van der Waals surface area contributed by atoms with Crippen LogP contribution in [-0.2, 0) is 14.3 Å². The maximum absolute atomic E-state index is 13.5. The first-order chi connectivity index (χ1) is 13.5. The molecule has 0 saturated heterocycles. The molecule has 0 saturated carbocycles. The number of carbonyl (C=O) groups is 2. The fourth-order valence-electron chi connectivity index (χ4n) is 3.41. The van der Waals surface area contributed by atoms with Crippen molar-refractivity contribution in [2.75, 3.05) is 19.0 Å². The Hall–Kier alpha value is -3.15. The van der Waals surface area contributed by atoms with Crippen LogP contribution < -0.4 is 10.1 Å². The van der Waals surface area contributed by atoms with Gasteiger partial charge in [-0.05, 0) is 49.2 Å². The van der Waals surface area contributed by atoms with Crippen molar-refractivity contribution >= 4 is 17.4 Å². The Bertz CT molecular complexity index is 909. The summed E-state index contributed by atoms with van der Waals surface area (Å²) < 4.78 is 23.9. The minimum absolute atomic E-state index is 0.200. The Morgan fingerprint density at radius 2 is 2.00 bits per heavy atom. The van der Waals surface area contributed by atoms with Crippen molar-refractivity contribution in [3.05, 3.63) is 71.7 Å². The molecule has 6 heteroatoms. The maximum Gasteiger partial charge on any atom is 0.317 e. The SMILES string of the molecule is CCOC(=O)C1C(=O)C=C(Nc2cccc(F)c2)CC1c1cccc(OC)c1. The molecule has 0 heterocycles. The summed E-state index contributed by atoms with van der Waals surface area (Å²) in [5.74, 6) is -1.95. The van der Waals surface area contributed by atoms with Gasteiger partial charge < -0.3 is 14.8 Å². The molecule has 2 unspecified atom stereocenters. The molecule has 1 N–H and O–H groups in total. The summed E-state index contributed by atoms with van der Waals surface area (Å²) in [6, 6.07) is 13.3. The van der Waals surface area contributed by atoms with Crippen LogP contribution in [0.1, 0.15) is 24.8 Å². The van der Waals surface area contributed by atoms with Gasteiger partial charge in [-0.1, -0.05) is 18.2 Å². The lowest BCUT2D eigenvalue weighted by Gasteiger charge is -2.30. The molecular weight excluding hydrogens is 361 g/mol. The zero-order valence-electron chi connectivity index (χ0n) is 15.8. The van der Waals surface area contributed by atoms with E-state index in [0.717, 1.165) is 5.56 Å². The van der Waals surface area contributed by atoms with E-state index in [1.807, 2.05) is 18.2 Å². The highest BCUT2D eigenvalue weighted by molar-refractivity contribution is 6.07. The predicted molar refractivity (Wildman–Crippen MR) is 104 cm³/mol. The van der Waals surface area contributed by atoms with Crippen molar-refractivity contribution in [1.82, 2.24) is 0 Å². The van der Waals surface area contributed by atoms with E-state index in [4.69, 9.17) is 9.47 Å². The summed E-state index contributed by atoms with van der Waals surface area (Å²) in [4.78, 5) is 25.3. The minimum atomic E-state index is -0.926. The maximum atomic E-state index is 13.5. The lowest BCUT2D eigenvalue weighted by atomic mass is 9.76. The molecule has 28 heavy (non-hydrogen) atoms. The molecule has 0 aliphatic heterocycles. The third-order valence-electron chi connectivity index (χ3n) is 4.66. The molecule has 0 spiro atoms. The summed E-state index contributed by atoms with van der Waals surface area (Å²) in [6.45, 7) is 1.91. The number of rotatable bonds is 6. The quantitative estimate of drug-likeness (QED) is 0.602. The van der Waals surface area contributed by atoms with Gasteiger partial charge in [0, 0.05) is 23.4 Å². The van der Waals surface area contributed by atoms with Gasteiger partial charge in [0.25, 0.3) is 0 Å². The first kappa shape index (κ1) is 19.6. The molecule has 0 bridgehead atoms. The zero-order chi connectivity index (χ0) is 20.1. The number of anilines is 1. The Morgan fingerprint density at radius 3 is 2.71 bits per heavy atom. The second kappa shape index (κ2) is 8.69. The molecule has 2 aromatic rings. The van der Waals surface area contributed by atoms with Crippen molar-refractivity contribution in [1.29, 1.82) is 0 Å². The molecule has 3 rings (SSSR count). The monoisotopic (exact) mass is 383 g/mol. The van der Waals surface area contributed by atoms with E-state index in [9.17, 15) is 14.0 Å². The van der Waals surface area contributed by atoms with E-state index in [-0.39, 0.29) is 18.2 Å².